The van der Waals surface area contributed by atoms with E-state index in [1.807, 2.05) is 18.3 Å². The molecule has 3 aromatic rings. The number of hydrogen-bond donors (Lipinski definition) is 1. The van der Waals surface area contributed by atoms with Gasteiger partial charge in [-0.25, -0.2) is 0 Å². The molecule has 4 aliphatic rings. The minimum atomic E-state index is -0.354. The van der Waals surface area contributed by atoms with Crippen LogP contribution in [-0.4, -0.2) is 92.1 Å². The fraction of sp³-hybridized carbons (Fsp3) is 0.500. The third kappa shape index (κ3) is 4.29. The third-order valence-electron chi connectivity index (χ3n) is 8.77. The molecule has 10 heteroatoms. The molecule has 0 aliphatic carbocycles. The van der Waals surface area contributed by atoms with Crippen molar-refractivity contribution < 1.29 is 15.6 Å². The summed E-state index contributed by atoms with van der Waals surface area (Å²) in [5, 5.41) is 10.5. The summed E-state index contributed by atoms with van der Waals surface area (Å²) < 4.78 is 26.2. The fourth-order valence-electron chi connectivity index (χ4n) is 6.88. The number of pyridine rings is 2. The lowest BCUT2D eigenvalue weighted by Gasteiger charge is -2.49. The Morgan fingerprint density at radius 3 is 2.88 bits per heavy atom. The minimum Gasteiger partial charge on any atom is -0.378 e. The van der Waals surface area contributed by atoms with E-state index in [4.69, 9.17) is 26.3 Å². The maximum atomic E-state index is 9.57. The van der Waals surface area contributed by atoms with Crippen LogP contribution in [0.25, 0.3) is 10.9 Å². The summed E-state index contributed by atoms with van der Waals surface area (Å²) in [6.45, 7) is 8.06. The van der Waals surface area contributed by atoms with Gasteiger partial charge in [-0.2, -0.15) is 5.26 Å². The molecule has 0 radical (unpaired) electrons. The van der Waals surface area contributed by atoms with Crippen molar-refractivity contribution in [2.24, 2.45) is 5.73 Å². The number of ether oxygens (including phenoxy) is 3. The lowest BCUT2D eigenvalue weighted by molar-refractivity contribution is -0.157. The number of rotatable bonds is 5. The number of likely N-dealkylation sites (tertiary alicyclic amines) is 1. The van der Waals surface area contributed by atoms with Crippen LogP contribution in [0, 0.1) is 11.3 Å². The van der Waals surface area contributed by atoms with Gasteiger partial charge in [0, 0.05) is 75.7 Å². The Hall–Kier alpha value is -3.33. The Balaban J connectivity index is 1.03. The fourth-order valence-corrected chi connectivity index (χ4v) is 6.88. The molecule has 4 aliphatic heterocycles. The maximum absolute atomic E-state index is 9.57. The van der Waals surface area contributed by atoms with E-state index < -0.39 is 0 Å². The van der Waals surface area contributed by atoms with E-state index in [1.54, 1.807) is 19.2 Å². The normalized spacial score (nSPS) is 28.0. The zero-order chi connectivity index (χ0) is 28.3. The molecular formula is C30H35N7O3. The van der Waals surface area contributed by atoms with Crippen LogP contribution in [0.3, 0.4) is 0 Å². The van der Waals surface area contributed by atoms with Gasteiger partial charge in [-0.1, -0.05) is 0 Å². The summed E-state index contributed by atoms with van der Waals surface area (Å²) >= 11 is 0. The molecule has 40 heavy (non-hydrogen) atoms. The summed E-state index contributed by atoms with van der Waals surface area (Å²) in [4.78, 5) is 16.2. The molecule has 3 fully saturated rings. The molecule has 2 N–H and O–H groups in total. The van der Waals surface area contributed by atoms with Crippen molar-refractivity contribution >= 4 is 22.3 Å². The second-order valence-electron chi connectivity index (χ2n) is 11.6. The van der Waals surface area contributed by atoms with Crippen molar-refractivity contribution in [2.75, 3.05) is 62.7 Å². The van der Waals surface area contributed by atoms with Gasteiger partial charge in [0.05, 0.1) is 61.0 Å². The summed E-state index contributed by atoms with van der Waals surface area (Å²) in [5.74, 6) is 0. The molecule has 2 aromatic heterocycles. The van der Waals surface area contributed by atoms with E-state index in [0.29, 0.717) is 17.7 Å². The van der Waals surface area contributed by atoms with Crippen LogP contribution in [0.5, 0.6) is 0 Å². The van der Waals surface area contributed by atoms with Crippen molar-refractivity contribution in [3.63, 3.8) is 0 Å². The van der Waals surface area contributed by atoms with Gasteiger partial charge in [-0.3, -0.25) is 14.9 Å². The van der Waals surface area contributed by atoms with Gasteiger partial charge in [0.1, 0.15) is 11.7 Å². The van der Waals surface area contributed by atoms with Crippen LogP contribution in [0.1, 0.15) is 25.1 Å². The monoisotopic (exact) mass is 542 g/mol. The number of nitrogens with two attached hydrogens (primary N) is 1. The Morgan fingerprint density at radius 1 is 1.20 bits per heavy atom. The molecule has 7 rings (SSSR count). The summed E-state index contributed by atoms with van der Waals surface area (Å²) in [6.07, 6.45) is 2.22. The van der Waals surface area contributed by atoms with Gasteiger partial charge in [0.2, 0.25) is 0 Å². The molecule has 1 spiro atoms. The Labute approximate surface area is 235 Å². The molecule has 0 bridgehead atoms. The van der Waals surface area contributed by atoms with Gasteiger partial charge >= 0.3 is 0 Å². The average Bonchev–Trinajstić information content (AvgIpc) is 3.52. The number of morpholine rings is 1. The molecule has 4 atom stereocenters. The van der Waals surface area contributed by atoms with Crippen LogP contribution >= 0.6 is 0 Å². The first kappa shape index (κ1) is 24.5. The smallest absolute Gasteiger partial charge is 0.136 e. The molecule has 6 heterocycles. The van der Waals surface area contributed by atoms with Crippen LogP contribution in [0.15, 0.2) is 42.7 Å². The Morgan fingerprint density at radius 2 is 2.08 bits per heavy atom. The Bertz CT molecular complexity index is 1520. The highest BCUT2D eigenvalue weighted by Gasteiger charge is 2.52. The van der Waals surface area contributed by atoms with Gasteiger partial charge < -0.3 is 29.7 Å². The zero-order valence-corrected chi connectivity index (χ0v) is 22.9. The molecular weight excluding hydrogens is 506 g/mol. The van der Waals surface area contributed by atoms with Crippen molar-refractivity contribution in [1.82, 2.24) is 14.9 Å². The maximum Gasteiger partial charge on any atom is 0.136 e. The third-order valence-corrected chi connectivity index (χ3v) is 8.77. The molecule has 1 aromatic carbocycles. The quantitative estimate of drug-likeness (QED) is 0.514. The van der Waals surface area contributed by atoms with Crippen molar-refractivity contribution in [1.29, 1.82) is 5.26 Å². The van der Waals surface area contributed by atoms with Crippen LogP contribution in [0.2, 0.25) is 0 Å². The van der Waals surface area contributed by atoms with Gasteiger partial charge in [0.25, 0.3) is 0 Å². The van der Waals surface area contributed by atoms with E-state index >= 15 is 0 Å². The van der Waals surface area contributed by atoms with E-state index in [0.717, 1.165) is 73.8 Å². The minimum absolute atomic E-state index is 0.0000769. The summed E-state index contributed by atoms with van der Waals surface area (Å²) in [7, 11) is 1.71. The lowest BCUT2D eigenvalue weighted by atomic mass is 9.88. The SMILES string of the molecule is [2H]c1ccc2c(N3C[C@H](CN4CC5(C4)OCc4cc(N6C[C@@H](N)[C@H](OC)C6)cnc45)O[C@H](C)C3)ccc(C#N)c2n1. The molecule has 0 unspecified atom stereocenters. The molecule has 0 amide bonds. The van der Waals surface area contributed by atoms with Gasteiger partial charge in [0.15, 0.2) is 0 Å². The number of anilines is 2. The topological polar surface area (TPSA) is 113 Å². The van der Waals surface area contributed by atoms with E-state index in [1.165, 1.54) is 0 Å². The van der Waals surface area contributed by atoms with Crippen molar-refractivity contribution in [2.45, 2.75) is 43.5 Å². The van der Waals surface area contributed by atoms with Gasteiger partial charge in [-0.05, 0) is 37.3 Å². The summed E-state index contributed by atoms with van der Waals surface area (Å²) in [5.41, 5.74) is 11.3. The van der Waals surface area contributed by atoms with Crippen LogP contribution in [0.4, 0.5) is 11.4 Å². The molecule has 0 saturated carbocycles. The number of hydrogen-bond acceptors (Lipinski definition) is 10. The predicted octanol–water partition coefficient (Wildman–Crippen LogP) is 2.00. The van der Waals surface area contributed by atoms with Crippen molar-refractivity contribution in [3.8, 4) is 6.07 Å². The number of fused-ring (bicyclic) bond motifs is 3. The zero-order valence-electron chi connectivity index (χ0n) is 23.9. The summed E-state index contributed by atoms with van der Waals surface area (Å²) in [6, 6.07) is 11.8. The van der Waals surface area contributed by atoms with Crippen molar-refractivity contribution in [3.05, 3.63) is 59.5 Å². The highest BCUT2D eigenvalue weighted by atomic mass is 16.5. The first-order valence-corrected chi connectivity index (χ1v) is 14.0. The molecule has 208 valence electrons. The highest BCUT2D eigenvalue weighted by molar-refractivity contribution is 5.95. The molecule has 3 saturated heterocycles. The number of methoxy groups -OCH3 is 1. The predicted molar refractivity (Wildman–Crippen MR) is 151 cm³/mol. The second kappa shape index (κ2) is 9.94. The Kier molecular flexibility index (Phi) is 6.08. The number of aromatic nitrogens is 2. The average molecular weight is 543 g/mol. The van der Waals surface area contributed by atoms with Crippen LogP contribution in [-0.2, 0) is 26.4 Å². The number of benzene rings is 1. The first-order valence-electron chi connectivity index (χ1n) is 14.5. The lowest BCUT2D eigenvalue weighted by Crippen LogP contribution is -2.62. The van der Waals surface area contributed by atoms with E-state index in [-0.39, 0.29) is 36.1 Å². The van der Waals surface area contributed by atoms with Crippen LogP contribution < -0.4 is 15.5 Å². The van der Waals surface area contributed by atoms with Gasteiger partial charge in [-0.15, -0.1) is 0 Å². The first-order chi connectivity index (χ1) is 19.9. The second-order valence-corrected chi connectivity index (χ2v) is 11.6. The van der Waals surface area contributed by atoms with E-state index in [2.05, 4.69) is 38.7 Å². The highest BCUT2D eigenvalue weighted by Crippen LogP contribution is 2.43. The largest absolute Gasteiger partial charge is 0.378 e. The number of nitriles is 1. The standard InChI is InChI=1S/C30H35N7O3/c1-19-11-37(26-6-5-20(9-31)28-24(26)4-3-7-33-28)13-23(40-19)12-35-17-30(18-35)29-21(16-39-30)8-22(10-34-29)36-14-25(32)27(15-36)38-2/h3-8,10,19,23,25,27H,11-18,32H2,1-2H3/t19-,23+,25-,27-/m1/s1/i7D. The molecule has 10 nitrogen and oxygen atoms in total. The number of nitrogens with zero attached hydrogens (tertiary/aromatic N) is 6. The van der Waals surface area contributed by atoms with E-state index in [9.17, 15) is 5.26 Å².